The van der Waals surface area contributed by atoms with Crippen LogP contribution in [0, 0.1) is 11.8 Å². The monoisotopic (exact) mass is 371 g/mol. The maximum Gasteiger partial charge on any atom is 0.235 e. The summed E-state index contributed by atoms with van der Waals surface area (Å²) in [4.78, 5) is 40.9. The van der Waals surface area contributed by atoms with Gasteiger partial charge in [-0.2, -0.15) is 0 Å². The fraction of sp³-hybridized carbons (Fsp3) is 0.824. The van der Waals surface area contributed by atoms with E-state index in [-0.39, 0.29) is 79.2 Å². The molecule has 6 atom stereocenters. The van der Waals surface area contributed by atoms with E-state index in [4.69, 9.17) is 4.74 Å². The minimum absolute atomic E-state index is 0. The molecule has 0 aromatic carbocycles. The number of amides is 3. The molecule has 0 saturated carbocycles. The van der Waals surface area contributed by atoms with Gasteiger partial charge in [0.15, 0.2) is 0 Å². The molecule has 4 saturated heterocycles. The number of nitrogens with one attached hydrogen (secondary N) is 1. The number of hydrogen-bond donors (Lipinski definition) is 1. The van der Waals surface area contributed by atoms with Crippen LogP contribution in [0.2, 0.25) is 0 Å². The van der Waals surface area contributed by atoms with Crippen molar-refractivity contribution in [1.29, 1.82) is 0 Å². The summed E-state index contributed by atoms with van der Waals surface area (Å²) in [6, 6.07) is 0.379. The lowest BCUT2D eigenvalue weighted by Gasteiger charge is -2.38. The maximum atomic E-state index is 12.6. The molecule has 0 radical (unpaired) electrons. The summed E-state index contributed by atoms with van der Waals surface area (Å²) in [5.41, 5.74) is 0. The minimum Gasteiger partial charge on any atom is -0.373 e. The van der Waals surface area contributed by atoms with Gasteiger partial charge in [0.2, 0.25) is 17.7 Å². The summed E-state index contributed by atoms with van der Waals surface area (Å²) < 4.78 is 5.72. The smallest absolute Gasteiger partial charge is 0.235 e. The average molecular weight is 372 g/mol. The van der Waals surface area contributed by atoms with Crippen LogP contribution in [-0.2, 0) is 19.1 Å². The molecule has 0 spiro atoms. The molecule has 0 aromatic heterocycles. The van der Waals surface area contributed by atoms with Crippen LogP contribution in [-0.4, -0.2) is 71.4 Å². The quantitative estimate of drug-likeness (QED) is 0.715. The van der Waals surface area contributed by atoms with Gasteiger partial charge in [-0.1, -0.05) is 0 Å². The van der Waals surface area contributed by atoms with Crippen LogP contribution in [0.15, 0.2) is 0 Å². The molecular formula is C17H26ClN3O4. The van der Waals surface area contributed by atoms with Crippen molar-refractivity contribution in [2.24, 2.45) is 11.8 Å². The number of halogens is 1. The zero-order valence-corrected chi connectivity index (χ0v) is 15.5. The summed E-state index contributed by atoms with van der Waals surface area (Å²) in [6.45, 7) is 5.75. The molecule has 4 aliphatic rings. The van der Waals surface area contributed by atoms with Crippen LogP contribution in [0.1, 0.15) is 33.1 Å². The van der Waals surface area contributed by atoms with E-state index in [1.165, 1.54) is 4.90 Å². The fourth-order valence-electron chi connectivity index (χ4n) is 4.75. The zero-order valence-electron chi connectivity index (χ0n) is 14.6. The van der Waals surface area contributed by atoms with Crippen molar-refractivity contribution >= 4 is 30.1 Å². The van der Waals surface area contributed by atoms with Gasteiger partial charge >= 0.3 is 0 Å². The highest BCUT2D eigenvalue weighted by Gasteiger charge is 2.62. The van der Waals surface area contributed by atoms with Crippen molar-refractivity contribution < 1.29 is 19.1 Å². The van der Waals surface area contributed by atoms with Crippen LogP contribution in [0.3, 0.4) is 0 Å². The minimum atomic E-state index is -0.301. The maximum absolute atomic E-state index is 12.6. The number of likely N-dealkylation sites (tertiary alicyclic amines) is 1. The second-order valence-corrected chi connectivity index (χ2v) is 7.49. The number of carbonyl (C=O) groups excluding carboxylic acids is 3. The van der Waals surface area contributed by atoms with Gasteiger partial charge in [0, 0.05) is 38.1 Å². The molecule has 140 valence electrons. The van der Waals surface area contributed by atoms with E-state index in [2.05, 4.69) is 12.2 Å². The second-order valence-electron chi connectivity index (χ2n) is 7.49. The summed E-state index contributed by atoms with van der Waals surface area (Å²) in [6.07, 6.45) is 1.77. The van der Waals surface area contributed by atoms with Crippen molar-refractivity contribution in [3.63, 3.8) is 0 Å². The van der Waals surface area contributed by atoms with Crippen LogP contribution >= 0.6 is 12.4 Å². The molecule has 0 aromatic rings. The standard InChI is InChI=1S/C17H25N3O4.ClH/c1-9-10(2)19(8-6-18-9)13(21)5-7-20-16(22)14-11-3-4-12(24-11)15(14)17(20)23;/h9-12,14-15,18H,3-8H2,1-2H3;1H. The van der Waals surface area contributed by atoms with Crippen molar-refractivity contribution in [1.82, 2.24) is 15.1 Å². The lowest BCUT2D eigenvalue weighted by Crippen LogP contribution is -2.57. The van der Waals surface area contributed by atoms with Crippen LogP contribution in [0.25, 0.3) is 0 Å². The number of fused-ring (bicyclic) bond motifs is 5. The van der Waals surface area contributed by atoms with E-state index < -0.39 is 0 Å². The molecule has 1 N–H and O–H groups in total. The number of imide groups is 1. The van der Waals surface area contributed by atoms with E-state index in [1.54, 1.807) is 0 Å². The molecule has 4 rings (SSSR count). The van der Waals surface area contributed by atoms with Gasteiger partial charge in [0.05, 0.1) is 24.0 Å². The van der Waals surface area contributed by atoms with Crippen molar-refractivity contribution in [3.8, 4) is 0 Å². The Morgan fingerprint density at radius 3 is 2.36 bits per heavy atom. The first-order chi connectivity index (χ1) is 11.5. The fourth-order valence-corrected chi connectivity index (χ4v) is 4.75. The van der Waals surface area contributed by atoms with Crippen LogP contribution in [0.4, 0.5) is 0 Å². The lowest BCUT2D eigenvalue weighted by molar-refractivity contribution is -0.143. The normalized spacial score (nSPS) is 39.6. The number of rotatable bonds is 3. The molecule has 7 nitrogen and oxygen atoms in total. The highest BCUT2D eigenvalue weighted by molar-refractivity contribution is 6.06. The van der Waals surface area contributed by atoms with Crippen molar-refractivity contribution in [3.05, 3.63) is 0 Å². The summed E-state index contributed by atoms with van der Waals surface area (Å²) in [5.74, 6) is -0.847. The first kappa shape index (κ1) is 18.6. The molecule has 6 unspecified atom stereocenters. The Morgan fingerprint density at radius 2 is 1.76 bits per heavy atom. The van der Waals surface area contributed by atoms with Gasteiger partial charge in [0.25, 0.3) is 0 Å². The third kappa shape index (κ3) is 2.86. The molecule has 4 fully saturated rings. The van der Waals surface area contributed by atoms with Gasteiger partial charge in [-0.3, -0.25) is 19.3 Å². The summed E-state index contributed by atoms with van der Waals surface area (Å²) in [5, 5.41) is 3.34. The van der Waals surface area contributed by atoms with Gasteiger partial charge in [-0.25, -0.2) is 0 Å². The van der Waals surface area contributed by atoms with E-state index in [1.807, 2.05) is 11.8 Å². The van der Waals surface area contributed by atoms with E-state index in [9.17, 15) is 14.4 Å². The Balaban J connectivity index is 0.00000182. The zero-order chi connectivity index (χ0) is 17.0. The number of nitrogens with zero attached hydrogens (tertiary/aromatic N) is 2. The Hall–Kier alpha value is -1.18. The summed E-state index contributed by atoms with van der Waals surface area (Å²) in [7, 11) is 0. The third-order valence-electron chi connectivity index (χ3n) is 6.28. The SMILES string of the molecule is CC1NCCN(C(=O)CCN2C(=O)C3C4CCC(O4)C3C2=O)C1C.Cl. The highest BCUT2D eigenvalue weighted by Crippen LogP contribution is 2.48. The number of carbonyl (C=O) groups is 3. The van der Waals surface area contributed by atoms with E-state index in [0.717, 1.165) is 19.4 Å². The van der Waals surface area contributed by atoms with Gasteiger partial charge in [-0.15, -0.1) is 12.4 Å². The predicted molar refractivity (Wildman–Crippen MR) is 92.1 cm³/mol. The first-order valence-corrected chi connectivity index (χ1v) is 9.02. The predicted octanol–water partition coefficient (Wildman–Crippen LogP) is 0.170. The molecule has 2 bridgehead atoms. The van der Waals surface area contributed by atoms with Crippen molar-refractivity contribution in [2.75, 3.05) is 19.6 Å². The molecule has 4 heterocycles. The van der Waals surface area contributed by atoms with Gasteiger partial charge in [0.1, 0.15) is 0 Å². The highest BCUT2D eigenvalue weighted by atomic mass is 35.5. The molecule has 25 heavy (non-hydrogen) atoms. The number of piperazine rings is 1. The molecular weight excluding hydrogens is 346 g/mol. The second kappa shape index (κ2) is 6.85. The Morgan fingerprint density at radius 1 is 1.16 bits per heavy atom. The Bertz CT molecular complexity index is 558. The van der Waals surface area contributed by atoms with Gasteiger partial charge < -0.3 is 15.0 Å². The summed E-state index contributed by atoms with van der Waals surface area (Å²) >= 11 is 0. The molecule has 0 aliphatic carbocycles. The van der Waals surface area contributed by atoms with E-state index in [0.29, 0.717) is 6.54 Å². The number of hydrogen-bond acceptors (Lipinski definition) is 5. The Kier molecular flexibility index (Phi) is 5.10. The number of ether oxygens (including phenoxy) is 1. The lowest BCUT2D eigenvalue weighted by atomic mass is 9.81. The Labute approximate surface area is 153 Å². The third-order valence-corrected chi connectivity index (χ3v) is 6.28. The van der Waals surface area contributed by atoms with E-state index >= 15 is 0 Å². The van der Waals surface area contributed by atoms with Gasteiger partial charge in [-0.05, 0) is 26.7 Å². The average Bonchev–Trinajstić information content (AvgIpc) is 3.23. The largest absolute Gasteiger partial charge is 0.373 e. The van der Waals surface area contributed by atoms with Crippen molar-refractivity contribution in [2.45, 2.75) is 57.4 Å². The van der Waals surface area contributed by atoms with Crippen LogP contribution < -0.4 is 5.32 Å². The first-order valence-electron chi connectivity index (χ1n) is 9.02. The molecule has 8 heteroatoms. The topological polar surface area (TPSA) is 79.0 Å². The molecule has 3 amide bonds. The molecule has 4 aliphatic heterocycles. The van der Waals surface area contributed by atoms with Crippen LogP contribution in [0.5, 0.6) is 0 Å².